The Morgan fingerprint density at radius 2 is 2.19 bits per heavy atom. The van der Waals surface area contributed by atoms with Gasteiger partial charge >= 0.3 is 0 Å². The molecule has 1 aromatic rings. The summed E-state index contributed by atoms with van der Waals surface area (Å²) >= 11 is 0. The van der Waals surface area contributed by atoms with Crippen LogP contribution in [0, 0.1) is 0 Å². The minimum absolute atomic E-state index is 0.783. The topological polar surface area (TPSA) is 4.93 Å². The maximum absolute atomic E-state index is 2.66. The molecule has 1 heteroatoms. The number of aromatic nitrogens is 1. The summed E-state index contributed by atoms with van der Waals surface area (Å²) in [5.74, 6) is 0. The molecule has 0 N–H and O–H groups in total. The first-order chi connectivity index (χ1) is 7.86. The average molecular weight is 215 g/mol. The molecule has 1 nitrogen and oxygen atoms in total. The fourth-order valence-electron chi connectivity index (χ4n) is 3.57. The molecule has 0 aromatic carbocycles. The second-order valence-electron chi connectivity index (χ2n) is 5.09. The zero-order chi connectivity index (χ0) is 11.1. The largest absolute Gasteiger partial charge is 0.341 e. The molecule has 0 radical (unpaired) electrons. The van der Waals surface area contributed by atoms with Crippen LogP contribution in [0.4, 0.5) is 0 Å². The van der Waals surface area contributed by atoms with Crippen LogP contribution in [0.3, 0.4) is 0 Å². The van der Waals surface area contributed by atoms with Crippen LogP contribution in [0.15, 0.2) is 6.08 Å². The number of rotatable bonds is 3. The van der Waals surface area contributed by atoms with Crippen LogP contribution < -0.4 is 0 Å². The molecule has 1 atom stereocenters. The molecule has 0 saturated heterocycles. The van der Waals surface area contributed by atoms with E-state index in [-0.39, 0.29) is 0 Å². The van der Waals surface area contributed by atoms with E-state index < -0.39 is 0 Å². The third-order valence-corrected chi connectivity index (χ3v) is 4.19. The summed E-state index contributed by atoms with van der Waals surface area (Å²) in [4.78, 5) is 0. The van der Waals surface area contributed by atoms with Crippen LogP contribution in [0.5, 0.6) is 0 Å². The third-order valence-electron chi connectivity index (χ3n) is 4.19. The molecule has 3 rings (SSSR count). The first kappa shape index (κ1) is 10.2. The monoisotopic (exact) mass is 215 g/mol. The van der Waals surface area contributed by atoms with Crippen LogP contribution in [0.2, 0.25) is 0 Å². The van der Waals surface area contributed by atoms with Gasteiger partial charge in [-0.2, -0.15) is 0 Å². The number of hydrogen-bond donors (Lipinski definition) is 0. The van der Waals surface area contributed by atoms with Gasteiger partial charge in [-0.15, -0.1) is 0 Å². The van der Waals surface area contributed by atoms with E-state index in [0.29, 0.717) is 0 Å². The zero-order valence-corrected chi connectivity index (χ0v) is 10.4. The SMILES string of the molecule is CCCc1c(CC)c2n3c1CC[C@H]3CC=C2. The lowest BCUT2D eigenvalue weighted by atomic mass is 9.97. The van der Waals surface area contributed by atoms with Crippen LogP contribution in [-0.2, 0) is 19.3 Å². The first-order valence-corrected chi connectivity index (χ1v) is 6.78. The highest BCUT2D eigenvalue weighted by atomic mass is 15.1. The summed E-state index contributed by atoms with van der Waals surface area (Å²) in [6, 6.07) is 0.783. The fraction of sp³-hybridized carbons (Fsp3) is 0.600. The molecule has 0 spiro atoms. The van der Waals surface area contributed by atoms with Gasteiger partial charge < -0.3 is 4.57 Å². The second-order valence-corrected chi connectivity index (χ2v) is 5.09. The van der Waals surface area contributed by atoms with Gasteiger partial charge in [0.2, 0.25) is 0 Å². The van der Waals surface area contributed by atoms with Crippen molar-refractivity contribution >= 4 is 6.08 Å². The summed E-state index contributed by atoms with van der Waals surface area (Å²) in [7, 11) is 0. The summed E-state index contributed by atoms with van der Waals surface area (Å²) < 4.78 is 2.66. The van der Waals surface area contributed by atoms with Gasteiger partial charge in [-0.25, -0.2) is 0 Å². The Kier molecular flexibility index (Phi) is 2.42. The molecule has 16 heavy (non-hydrogen) atoms. The van der Waals surface area contributed by atoms with Gasteiger partial charge in [0.05, 0.1) is 0 Å². The maximum atomic E-state index is 2.66. The predicted molar refractivity (Wildman–Crippen MR) is 68.8 cm³/mol. The molecular formula is C15H21N. The van der Waals surface area contributed by atoms with E-state index in [1.807, 2.05) is 0 Å². The summed E-state index contributed by atoms with van der Waals surface area (Å²) in [5, 5.41) is 0. The van der Waals surface area contributed by atoms with Gasteiger partial charge in [0, 0.05) is 17.4 Å². The molecule has 0 aliphatic carbocycles. The molecule has 1 aromatic heterocycles. The van der Waals surface area contributed by atoms with Crippen molar-refractivity contribution in [2.24, 2.45) is 0 Å². The van der Waals surface area contributed by atoms with Gasteiger partial charge in [-0.1, -0.05) is 26.3 Å². The quantitative estimate of drug-likeness (QED) is 0.720. The van der Waals surface area contributed by atoms with Crippen molar-refractivity contribution in [3.63, 3.8) is 0 Å². The van der Waals surface area contributed by atoms with E-state index in [2.05, 4.69) is 30.6 Å². The Morgan fingerprint density at radius 1 is 1.31 bits per heavy atom. The van der Waals surface area contributed by atoms with E-state index in [9.17, 15) is 0 Å². The average Bonchev–Trinajstić information content (AvgIpc) is 2.85. The zero-order valence-electron chi connectivity index (χ0n) is 10.4. The molecule has 0 saturated carbocycles. The van der Waals surface area contributed by atoms with Crippen molar-refractivity contribution < 1.29 is 0 Å². The van der Waals surface area contributed by atoms with Crippen molar-refractivity contribution in [2.45, 2.75) is 58.4 Å². The van der Waals surface area contributed by atoms with Crippen LogP contribution in [-0.4, -0.2) is 4.57 Å². The van der Waals surface area contributed by atoms with Gasteiger partial charge in [0.25, 0.3) is 0 Å². The lowest BCUT2D eigenvalue weighted by Gasteiger charge is -2.18. The van der Waals surface area contributed by atoms with Crippen molar-refractivity contribution in [3.8, 4) is 0 Å². The molecule has 0 bridgehead atoms. The van der Waals surface area contributed by atoms with Gasteiger partial charge in [-0.3, -0.25) is 0 Å². The predicted octanol–water partition coefficient (Wildman–Crippen LogP) is 3.91. The smallest absolute Gasteiger partial charge is 0.0443 e. The number of nitrogens with zero attached hydrogens (tertiary/aromatic N) is 1. The minimum Gasteiger partial charge on any atom is -0.341 e. The van der Waals surface area contributed by atoms with E-state index in [4.69, 9.17) is 0 Å². The Bertz CT molecular complexity index is 437. The third kappa shape index (κ3) is 1.24. The molecule has 0 amide bonds. The van der Waals surface area contributed by atoms with E-state index in [0.717, 1.165) is 6.04 Å². The highest BCUT2D eigenvalue weighted by Crippen LogP contribution is 2.40. The number of allylic oxidation sites excluding steroid dienone is 1. The maximum Gasteiger partial charge on any atom is 0.0443 e. The summed E-state index contributed by atoms with van der Waals surface area (Å²) in [6.45, 7) is 4.60. The lowest BCUT2D eigenvalue weighted by Crippen LogP contribution is -2.08. The van der Waals surface area contributed by atoms with Gasteiger partial charge in [0.1, 0.15) is 0 Å². The fourth-order valence-corrected chi connectivity index (χ4v) is 3.57. The molecular weight excluding hydrogens is 194 g/mol. The van der Waals surface area contributed by atoms with Crippen molar-refractivity contribution in [1.29, 1.82) is 0 Å². The summed E-state index contributed by atoms with van der Waals surface area (Å²) in [6.07, 6.45) is 12.4. The Morgan fingerprint density at radius 3 is 2.94 bits per heavy atom. The normalized spacial score (nSPS) is 21.5. The van der Waals surface area contributed by atoms with Gasteiger partial charge in [0.15, 0.2) is 0 Å². The van der Waals surface area contributed by atoms with Crippen LogP contribution >= 0.6 is 0 Å². The minimum atomic E-state index is 0.783. The standard InChI is InChI=1S/C15H21N/c1-3-6-13-12(4-2)14-8-5-7-11-9-10-15(13)16(11)14/h5,8,11H,3-4,6-7,9-10H2,1-2H3/t11-/m1/s1. The van der Waals surface area contributed by atoms with E-state index in [1.54, 1.807) is 16.8 Å². The Balaban J connectivity index is 2.19. The second kappa shape index (κ2) is 3.80. The molecule has 3 heterocycles. The van der Waals surface area contributed by atoms with Crippen molar-refractivity contribution in [1.82, 2.24) is 4.57 Å². The highest BCUT2D eigenvalue weighted by Gasteiger charge is 2.30. The molecule has 2 aliphatic heterocycles. The molecule has 2 aliphatic rings. The summed E-state index contributed by atoms with van der Waals surface area (Å²) in [5.41, 5.74) is 6.53. The highest BCUT2D eigenvalue weighted by molar-refractivity contribution is 5.59. The first-order valence-electron chi connectivity index (χ1n) is 6.78. The Hall–Kier alpha value is -0.980. The van der Waals surface area contributed by atoms with Crippen molar-refractivity contribution in [3.05, 3.63) is 28.6 Å². The molecule has 86 valence electrons. The van der Waals surface area contributed by atoms with Crippen LogP contribution in [0.25, 0.3) is 6.08 Å². The van der Waals surface area contributed by atoms with E-state index >= 15 is 0 Å². The van der Waals surface area contributed by atoms with E-state index in [1.165, 1.54) is 44.2 Å². The molecule has 0 fully saturated rings. The lowest BCUT2D eigenvalue weighted by molar-refractivity contribution is 0.524. The molecule has 0 unspecified atom stereocenters. The van der Waals surface area contributed by atoms with Crippen molar-refractivity contribution in [2.75, 3.05) is 0 Å². The van der Waals surface area contributed by atoms with Crippen LogP contribution in [0.1, 0.15) is 61.7 Å². The van der Waals surface area contributed by atoms with Gasteiger partial charge in [-0.05, 0) is 49.3 Å². The Labute approximate surface area is 98.2 Å². The number of hydrogen-bond acceptors (Lipinski definition) is 0.